The highest BCUT2D eigenvalue weighted by Gasteiger charge is 2.22. The van der Waals surface area contributed by atoms with Gasteiger partial charge in [-0.3, -0.25) is 14.5 Å². The SMILES string of the molecule is CC(=O)Nc1cccc(NC(=O)CN2CCC(Cn3ccnc3C(C)C)CC2)c1. The van der Waals surface area contributed by atoms with Crippen molar-refractivity contribution in [1.82, 2.24) is 14.5 Å². The van der Waals surface area contributed by atoms with Crippen LogP contribution in [-0.2, 0) is 16.1 Å². The van der Waals surface area contributed by atoms with Crippen molar-refractivity contribution in [2.45, 2.75) is 46.1 Å². The standard InChI is InChI=1S/C22H31N5O2/c1-16(2)22-23-9-12-27(22)14-18-7-10-26(11-8-18)15-21(29)25-20-6-4-5-19(13-20)24-17(3)28/h4-6,9,12-13,16,18H,7-8,10-11,14-15H2,1-3H3,(H,24,28)(H,25,29). The lowest BCUT2D eigenvalue weighted by Gasteiger charge is -2.32. The van der Waals surface area contributed by atoms with E-state index < -0.39 is 0 Å². The number of hydrogen-bond donors (Lipinski definition) is 2. The van der Waals surface area contributed by atoms with Crippen LogP contribution in [0.1, 0.15) is 45.4 Å². The Morgan fingerprint density at radius 3 is 2.52 bits per heavy atom. The summed E-state index contributed by atoms with van der Waals surface area (Å²) in [6, 6.07) is 7.20. The maximum absolute atomic E-state index is 12.4. The Kier molecular flexibility index (Phi) is 7.04. The van der Waals surface area contributed by atoms with E-state index in [9.17, 15) is 9.59 Å². The van der Waals surface area contributed by atoms with E-state index in [2.05, 4.69) is 45.1 Å². The van der Waals surface area contributed by atoms with Gasteiger partial charge in [0, 0.05) is 43.2 Å². The number of likely N-dealkylation sites (tertiary alicyclic amines) is 1. The van der Waals surface area contributed by atoms with E-state index >= 15 is 0 Å². The normalized spacial score (nSPS) is 15.4. The van der Waals surface area contributed by atoms with Crippen molar-refractivity contribution >= 4 is 23.2 Å². The topological polar surface area (TPSA) is 79.3 Å². The summed E-state index contributed by atoms with van der Waals surface area (Å²) in [5.41, 5.74) is 1.37. The molecule has 2 amide bonds. The first-order valence-corrected chi connectivity index (χ1v) is 10.3. The van der Waals surface area contributed by atoms with Gasteiger partial charge in [0.25, 0.3) is 0 Å². The molecule has 2 N–H and O–H groups in total. The van der Waals surface area contributed by atoms with Gasteiger partial charge in [0.15, 0.2) is 0 Å². The van der Waals surface area contributed by atoms with E-state index in [1.54, 1.807) is 12.1 Å². The molecule has 29 heavy (non-hydrogen) atoms. The third-order valence-electron chi connectivity index (χ3n) is 5.26. The van der Waals surface area contributed by atoms with Gasteiger partial charge < -0.3 is 15.2 Å². The number of carbonyl (C=O) groups is 2. The summed E-state index contributed by atoms with van der Waals surface area (Å²) in [6.07, 6.45) is 6.13. The molecule has 0 spiro atoms. The Morgan fingerprint density at radius 2 is 1.86 bits per heavy atom. The highest BCUT2D eigenvalue weighted by atomic mass is 16.2. The van der Waals surface area contributed by atoms with E-state index in [1.807, 2.05) is 18.3 Å². The molecule has 3 rings (SSSR count). The number of piperidine rings is 1. The van der Waals surface area contributed by atoms with Gasteiger partial charge in [-0.25, -0.2) is 4.98 Å². The van der Waals surface area contributed by atoms with Crippen LogP contribution in [-0.4, -0.2) is 45.9 Å². The summed E-state index contributed by atoms with van der Waals surface area (Å²) in [7, 11) is 0. The van der Waals surface area contributed by atoms with Crippen molar-refractivity contribution in [3.63, 3.8) is 0 Å². The van der Waals surface area contributed by atoms with Crippen LogP contribution >= 0.6 is 0 Å². The molecule has 0 bridgehead atoms. The molecule has 0 unspecified atom stereocenters. The molecule has 7 nitrogen and oxygen atoms in total. The molecule has 1 aliphatic rings. The summed E-state index contributed by atoms with van der Waals surface area (Å²) >= 11 is 0. The van der Waals surface area contributed by atoms with E-state index in [0.717, 1.165) is 38.3 Å². The van der Waals surface area contributed by atoms with Crippen molar-refractivity contribution in [3.8, 4) is 0 Å². The first-order chi connectivity index (χ1) is 13.9. The van der Waals surface area contributed by atoms with Crippen molar-refractivity contribution < 1.29 is 9.59 Å². The number of carbonyl (C=O) groups excluding carboxylic acids is 2. The maximum atomic E-state index is 12.4. The highest BCUT2D eigenvalue weighted by Crippen LogP contribution is 2.22. The molecule has 2 aromatic rings. The molecule has 1 fully saturated rings. The van der Waals surface area contributed by atoms with Crippen LogP contribution in [0.15, 0.2) is 36.7 Å². The van der Waals surface area contributed by atoms with Crippen LogP contribution in [0.25, 0.3) is 0 Å². The molecule has 7 heteroatoms. The van der Waals surface area contributed by atoms with Crippen LogP contribution in [0.4, 0.5) is 11.4 Å². The number of amides is 2. The largest absolute Gasteiger partial charge is 0.334 e. The van der Waals surface area contributed by atoms with Crippen molar-refractivity contribution in [2.75, 3.05) is 30.3 Å². The van der Waals surface area contributed by atoms with Crippen LogP contribution < -0.4 is 10.6 Å². The van der Waals surface area contributed by atoms with Gasteiger partial charge >= 0.3 is 0 Å². The Morgan fingerprint density at radius 1 is 1.17 bits per heavy atom. The third-order valence-corrected chi connectivity index (χ3v) is 5.26. The average Bonchev–Trinajstić information content (AvgIpc) is 3.11. The van der Waals surface area contributed by atoms with Gasteiger partial charge in [-0.05, 0) is 50.0 Å². The van der Waals surface area contributed by atoms with Crippen LogP contribution in [0.3, 0.4) is 0 Å². The summed E-state index contributed by atoms with van der Waals surface area (Å²) in [5.74, 6) is 2.04. The van der Waals surface area contributed by atoms with Gasteiger partial charge in [-0.2, -0.15) is 0 Å². The number of imidazole rings is 1. The Bertz CT molecular complexity index is 837. The number of aromatic nitrogens is 2. The summed E-state index contributed by atoms with van der Waals surface area (Å²) in [6.45, 7) is 9.05. The zero-order chi connectivity index (χ0) is 20.8. The minimum absolute atomic E-state index is 0.0277. The fourth-order valence-corrected chi connectivity index (χ4v) is 3.86. The molecule has 2 heterocycles. The lowest BCUT2D eigenvalue weighted by molar-refractivity contribution is -0.117. The second-order valence-corrected chi connectivity index (χ2v) is 8.12. The zero-order valence-electron chi connectivity index (χ0n) is 17.5. The number of rotatable bonds is 7. The Balaban J connectivity index is 1.45. The molecule has 1 aromatic heterocycles. The first-order valence-electron chi connectivity index (χ1n) is 10.3. The van der Waals surface area contributed by atoms with Crippen LogP contribution in [0, 0.1) is 5.92 Å². The van der Waals surface area contributed by atoms with E-state index in [0.29, 0.717) is 29.8 Å². The van der Waals surface area contributed by atoms with Crippen molar-refractivity contribution in [2.24, 2.45) is 5.92 Å². The lowest BCUT2D eigenvalue weighted by Crippen LogP contribution is -2.40. The monoisotopic (exact) mass is 397 g/mol. The fourth-order valence-electron chi connectivity index (χ4n) is 3.86. The second-order valence-electron chi connectivity index (χ2n) is 8.12. The number of nitrogens with one attached hydrogen (secondary N) is 2. The predicted molar refractivity (Wildman–Crippen MR) is 115 cm³/mol. The molecule has 0 saturated carbocycles. The molecular weight excluding hydrogens is 366 g/mol. The third kappa shape index (κ3) is 6.15. The molecular formula is C22H31N5O2. The molecule has 156 valence electrons. The van der Waals surface area contributed by atoms with Crippen molar-refractivity contribution in [3.05, 3.63) is 42.5 Å². The predicted octanol–water partition coefficient (Wildman–Crippen LogP) is 3.32. The molecule has 0 radical (unpaired) electrons. The zero-order valence-corrected chi connectivity index (χ0v) is 17.5. The molecule has 0 atom stereocenters. The summed E-state index contributed by atoms with van der Waals surface area (Å²) in [5, 5.41) is 5.65. The molecule has 1 saturated heterocycles. The Hall–Kier alpha value is -2.67. The first kappa shape index (κ1) is 21.0. The van der Waals surface area contributed by atoms with E-state index in [-0.39, 0.29) is 11.8 Å². The number of hydrogen-bond acceptors (Lipinski definition) is 4. The smallest absolute Gasteiger partial charge is 0.238 e. The Labute approximate surface area is 172 Å². The number of anilines is 2. The molecule has 1 aromatic carbocycles. The number of benzene rings is 1. The second kappa shape index (κ2) is 9.69. The minimum atomic E-state index is -0.132. The number of nitrogens with zero attached hydrogens (tertiary/aromatic N) is 3. The van der Waals surface area contributed by atoms with Gasteiger partial charge in [-0.15, -0.1) is 0 Å². The van der Waals surface area contributed by atoms with Crippen LogP contribution in [0.2, 0.25) is 0 Å². The summed E-state index contributed by atoms with van der Waals surface area (Å²) < 4.78 is 2.28. The van der Waals surface area contributed by atoms with Gasteiger partial charge in [0.1, 0.15) is 5.82 Å². The minimum Gasteiger partial charge on any atom is -0.334 e. The average molecular weight is 398 g/mol. The van der Waals surface area contributed by atoms with Gasteiger partial charge in [0.05, 0.1) is 6.54 Å². The summed E-state index contributed by atoms with van der Waals surface area (Å²) in [4.78, 5) is 30.3. The van der Waals surface area contributed by atoms with Crippen LogP contribution in [0.5, 0.6) is 0 Å². The lowest BCUT2D eigenvalue weighted by atomic mass is 9.96. The quantitative estimate of drug-likeness (QED) is 0.751. The van der Waals surface area contributed by atoms with E-state index in [4.69, 9.17) is 0 Å². The molecule has 1 aliphatic heterocycles. The fraction of sp³-hybridized carbons (Fsp3) is 0.500. The van der Waals surface area contributed by atoms with Gasteiger partial charge in [0.2, 0.25) is 11.8 Å². The highest BCUT2D eigenvalue weighted by molar-refractivity contribution is 5.94. The van der Waals surface area contributed by atoms with Crippen molar-refractivity contribution in [1.29, 1.82) is 0 Å². The van der Waals surface area contributed by atoms with E-state index in [1.165, 1.54) is 6.92 Å². The maximum Gasteiger partial charge on any atom is 0.238 e. The molecule has 0 aliphatic carbocycles. The van der Waals surface area contributed by atoms with Gasteiger partial charge in [-0.1, -0.05) is 19.9 Å².